The second-order valence-electron chi connectivity index (χ2n) is 8.21. The monoisotopic (exact) mass is 311 g/mol. The average molecular weight is 311 g/mol. The fraction of sp³-hybridized carbons (Fsp3) is 0.429. The number of nitrogens with two attached hydrogens (primary N) is 1. The van der Waals surface area contributed by atoms with Crippen molar-refractivity contribution >= 4 is 5.69 Å². The van der Waals surface area contributed by atoms with E-state index in [1.54, 1.807) is 0 Å². The topological polar surface area (TPSA) is 35.2 Å². The van der Waals surface area contributed by atoms with Gasteiger partial charge in [0.05, 0.1) is 0 Å². The van der Waals surface area contributed by atoms with Crippen LogP contribution in [0.25, 0.3) is 0 Å². The maximum atomic E-state index is 6.31. The zero-order valence-corrected chi connectivity index (χ0v) is 15.2. The molecule has 23 heavy (non-hydrogen) atoms. The first-order valence-electron chi connectivity index (χ1n) is 8.20. The molecule has 0 radical (unpaired) electrons. The molecule has 0 aliphatic heterocycles. The molecule has 0 aliphatic rings. The molecule has 0 saturated heterocycles. The minimum atomic E-state index is -0.000277. The molecule has 2 aromatic carbocycles. The van der Waals surface area contributed by atoms with Crippen molar-refractivity contribution in [3.05, 3.63) is 59.2 Å². The Bertz CT molecular complexity index is 661. The van der Waals surface area contributed by atoms with Gasteiger partial charge in [-0.25, -0.2) is 0 Å². The van der Waals surface area contributed by atoms with Gasteiger partial charge in [0.25, 0.3) is 0 Å². The Morgan fingerprint density at radius 1 is 0.826 bits per heavy atom. The Hall–Kier alpha value is -1.96. The fourth-order valence-electron chi connectivity index (χ4n) is 2.69. The molecule has 0 fully saturated rings. The summed E-state index contributed by atoms with van der Waals surface area (Å²) < 4.78 is 6.12. The third-order valence-electron chi connectivity index (χ3n) is 4.00. The second kappa shape index (κ2) is 6.27. The fourth-order valence-corrected chi connectivity index (χ4v) is 2.69. The minimum Gasteiger partial charge on any atom is -0.489 e. The lowest BCUT2D eigenvalue weighted by atomic mass is 9.79. The molecule has 2 nitrogen and oxygen atoms in total. The molecule has 0 aliphatic carbocycles. The van der Waals surface area contributed by atoms with Gasteiger partial charge in [-0.05, 0) is 33.6 Å². The molecule has 0 unspecified atom stereocenters. The largest absolute Gasteiger partial charge is 0.489 e. The summed E-state index contributed by atoms with van der Waals surface area (Å²) in [5, 5.41) is 0. The highest BCUT2D eigenvalue weighted by Gasteiger charge is 2.25. The number of hydrogen-bond donors (Lipinski definition) is 1. The lowest BCUT2D eigenvalue weighted by Crippen LogP contribution is -2.19. The van der Waals surface area contributed by atoms with Crippen LogP contribution >= 0.6 is 0 Å². The summed E-state index contributed by atoms with van der Waals surface area (Å²) in [6, 6.07) is 14.4. The Kier molecular flexibility index (Phi) is 4.74. The van der Waals surface area contributed by atoms with Gasteiger partial charge < -0.3 is 10.5 Å². The van der Waals surface area contributed by atoms with Gasteiger partial charge >= 0.3 is 0 Å². The van der Waals surface area contributed by atoms with Crippen LogP contribution in [0.5, 0.6) is 5.75 Å². The van der Waals surface area contributed by atoms with Crippen molar-refractivity contribution in [2.45, 2.75) is 59.0 Å². The number of rotatable bonds is 3. The molecule has 0 saturated carbocycles. The Morgan fingerprint density at radius 3 is 1.91 bits per heavy atom. The SMILES string of the molecule is CC(C)(C)c1cc(C(C)(C)C)c(OCc2ccccc2)cc1N. The van der Waals surface area contributed by atoms with Crippen LogP contribution in [-0.4, -0.2) is 0 Å². The zero-order chi connectivity index (χ0) is 17.3. The maximum Gasteiger partial charge on any atom is 0.125 e. The molecule has 0 atom stereocenters. The molecular formula is C21H29NO. The highest BCUT2D eigenvalue weighted by molar-refractivity contribution is 5.59. The number of nitrogen functional groups attached to an aromatic ring is 1. The van der Waals surface area contributed by atoms with E-state index < -0.39 is 0 Å². The van der Waals surface area contributed by atoms with Crippen LogP contribution in [0.4, 0.5) is 5.69 Å². The second-order valence-corrected chi connectivity index (χ2v) is 8.21. The lowest BCUT2D eigenvalue weighted by Gasteiger charge is -2.28. The summed E-state index contributed by atoms with van der Waals surface area (Å²) in [5.41, 5.74) is 10.7. The average Bonchev–Trinajstić information content (AvgIpc) is 2.43. The van der Waals surface area contributed by atoms with E-state index in [0.29, 0.717) is 6.61 Å². The summed E-state index contributed by atoms with van der Waals surface area (Å²) in [7, 11) is 0. The Labute approximate surface area is 140 Å². The van der Waals surface area contributed by atoms with Crippen molar-refractivity contribution in [1.29, 1.82) is 0 Å². The van der Waals surface area contributed by atoms with E-state index >= 15 is 0 Å². The van der Waals surface area contributed by atoms with Crippen molar-refractivity contribution in [3.8, 4) is 5.75 Å². The predicted octanol–water partition coefficient (Wildman–Crippen LogP) is 5.44. The maximum absolute atomic E-state index is 6.31. The van der Waals surface area contributed by atoms with Crippen molar-refractivity contribution in [1.82, 2.24) is 0 Å². The van der Waals surface area contributed by atoms with E-state index in [4.69, 9.17) is 10.5 Å². The van der Waals surface area contributed by atoms with Crippen LogP contribution in [0, 0.1) is 0 Å². The Morgan fingerprint density at radius 2 is 1.39 bits per heavy atom. The van der Waals surface area contributed by atoms with Crippen LogP contribution < -0.4 is 10.5 Å². The summed E-state index contributed by atoms with van der Waals surface area (Å²) in [6.07, 6.45) is 0. The minimum absolute atomic E-state index is 0.000277. The van der Waals surface area contributed by atoms with E-state index in [-0.39, 0.29) is 10.8 Å². The third-order valence-corrected chi connectivity index (χ3v) is 4.00. The van der Waals surface area contributed by atoms with Gasteiger partial charge in [0.15, 0.2) is 0 Å². The molecule has 2 rings (SSSR count). The standard InChI is InChI=1S/C21H29NO/c1-20(2,3)16-12-17(21(4,5)6)19(13-18(16)22)23-14-15-10-8-7-9-11-15/h7-13H,14,22H2,1-6H3. The molecule has 124 valence electrons. The van der Waals surface area contributed by atoms with E-state index in [2.05, 4.69) is 59.7 Å². The molecule has 2 aromatic rings. The van der Waals surface area contributed by atoms with Crippen LogP contribution in [0.3, 0.4) is 0 Å². The summed E-state index contributed by atoms with van der Waals surface area (Å²) in [4.78, 5) is 0. The van der Waals surface area contributed by atoms with Gasteiger partial charge in [-0.3, -0.25) is 0 Å². The van der Waals surface area contributed by atoms with E-state index in [9.17, 15) is 0 Å². The van der Waals surface area contributed by atoms with Crippen LogP contribution in [0.15, 0.2) is 42.5 Å². The van der Waals surface area contributed by atoms with E-state index in [1.165, 1.54) is 11.1 Å². The number of ether oxygens (including phenoxy) is 1. The molecule has 0 amide bonds. The van der Waals surface area contributed by atoms with Gasteiger partial charge in [0.1, 0.15) is 12.4 Å². The lowest BCUT2D eigenvalue weighted by molar-refractivity contribution is 0.297. The molecule has 0 aromatic heterocycles. The summed E-state index contributed by atoms with van der Waals surface area (Å²) in [6.45, 7) is 13.8. The van der Waals surface area contributed by atoms with Crippen molar-refractivity contribution < 1.29 is 4.74 Å². The number of hydrogen-bond acceptors (Lipinski definition) is 2. The van der Waals surface area contributed by atoms with Gasteiger partial charge in [-0.2, -0.15) is 0 Å². The Balaban J connectivity index is 2.40. The van der Waals surface area contributed by atoms with Crippen LogP contribution in [0.2, 0.25) is 0 Å². The van der Waals surface area contributed by atoms with Crippen molar-refractivity contribution in [3.63, 3.8) is 0 Å². The smallest absolute Gasteiger partial charge is 0.125 e. The molecule has 0 spiro atoms. The van der Waals surface area contributed by atoms with Crippen LogP contribution in [0.1, 0.15) is 58.2 Å². The summed E-state index contributed by atoms with van der Waals surface area (Å²) >= 11 is 0. The highest BCUT2D eigenvalue weighted by atomic mass is 16.5. The molecular weight excluding hydrogens is 282 g/mol. The summed E-state index contributed by atoms with van der Waals surface area (Å²) in [5.74, 6) is 0.881. The van der Waals surface area contributed by atoms with Crippen molar-refractivity contribution in [2.24, 2.45) is 0 Å². The first-order chi connectivity index (χ1) is 10.6. The quantitative estimate of drug-likeness (QED) is 0.766. The normalized spacial score (nSPS) is 12.3. The highest BCUT2D eigenvalue weighted by Crippen LogP contribution is 2.39. The van der Waals surface area contributed by atoms with Gasteiger partial charge in [0.2, 0.25) is 0 Å². The molecule has 0 heterocycles. The van der Waals surface area contributed by atoms with E-state index in [1.807, 2.05) is 24.3 Å². The molecule has 2 heteroatoms. The predicted molar refractivity (Wildman–Crippen MR) is 99.0 cm³/mol. The first kappa shape index (κ1) is 17.4. The first-order valence-corrected chi connectivity index (χ1v) is 8.20. The van der Waals surface area contributed by atoms with Gasteiger partial charge in [-0.1, -0.05) is 71.9 Å². The van der Waals surface area contributed by atoms with Gasteiger partial charge in [0, 0.05) is 11.8 Å². The van der Waals surface area contributed by atoms with Gasteiger partial charge in [-0.15, -0.1) is 0 Å². The number of anilines is 1. The zero-order valence-electron chi connectivity index (χ0n) is 15.2. The number of benzene rings is 2. The molecule has 2 N–H and O–H groups in total. The van der Waals surface area contributed by atoms with Crippen molar-refractivity contribution in [2.75, 3.05) is 5.73 Å². The van der Waals surface area contributed by atoms with E-state index in [0.717, 1.165) is 17.0 Å². The van der Waals surface area contributed by atoms with Crippen LogP contribution in [-0.2, 0) is 17.4 Å². The molecule has 0 bridgehead atoms. The third kappa shape index (κ3) is 4.28.